The summed E-state index contributed by atoms with van der Waals surface area (Å²) in [5.41, 5.74) is 2.65. The van der Waals surface area contributed by atoms with Crippen LogP contribution in [0.4, 0.5) is 5.69 Å². The van der Waals surface area contributed by atoms with Gasteiger partial charge in [0.25, 0.3) is 0 Å². The lowest BCUT2D eigenvalue weighted by Crippen LogP contribution is -2.07. The molecule has 5 heteroatoms. The van der Waals surface area contributed by atoms with Crippen molar-refractivity contribution in [2.75, 3.05) is 12.4 Å². The van der Waals surface area contributed by atoms with Crippen molar-refractivity contribution in [3.8, 4) is 5.75 Å². The van der Waals surface area contributed by atoms with Gasteiger partial charge in [0.1, 0.15) is 5.76 Å². The molecule has 27 heavy (non-hydrogen) atoms. The molecule has 0 aliphatic rings. The lowest BCUT2D eigenvalue weighted by molar-refractivity contribution is -0.111. The highest BCUT2D eigenvalue weighted by atomic mass is 35.5. The van der Waals surface area contributed by atoms with E-state index in [1.807, 2.05) is 30.3 Å². The van der Waals surface area contributed by atoms with Gasteiger partial charge in [-0.2, -0.15) is 0 Å². The number of furan rings is 1. The quantitative estimate of drug-likeness (QED) is 0.502. The second-order valence-electron chi connectivity index (χ2n) is 6.30. The van der Waals surface area contributed by atoms with Gasteiger partial charge in [0.15, 0.2) is 11.3 Å². The standard InChI is InChI=1S/C22H22ClNO3/c1-3-4-5-15-6-8-18(9-7-15)24-21(25)11-10-19-13-16-12-17(23)14-20(26-2)22(16)27-19/h6-14H,3-5H2,1-2H3,(H,24,25). The maximum Gasteiger partial charge on any atom is 0.248 e. The first-order valence-corrected chi connectivity index (χ1v) is 9.32. The summed E-state index contributed by atoms with van der Waals surface area (Å²) in [6, 6.07) is 13.2. The molecule has 0 radical (unpaired) electrons. The minimum Gasteiger partial charge on any atom is -0.493 e. The number of methoxy groups -OCH3 is 1. The Labute approximate surface area is 163 Å². The van der Waals surface area contributed by atoms with Crippen molar-refractivity contribution in [2.45, 2.75) is 26.2 Å². The molecule has 3 rings (SSSR count). The number of unbranched alkanes of at least 4 members (excludes halogenated alkanes) is 1. The van der Waals surface area contributed by atoms with Crippen LogP contribution in [-0.4, -0.2) is 13.0 Å². The predicted molar refractivity (Wildman–Crippen MR) is 110 cm³/mol. The third kappa shape index (κ3) is 4.92. The van der Waals surface area contributed by atoms with E-state index in [-0.39, 0.29) is 5.91 Å². The summed E-state index contributed by atoms with van der Waals surface area (Å²) in [7, 11) is 1.56. The van der Waals surface area contributed by atoms with Crippen LogP contribution in [0.15, 0.2) is 53.0 Å². The Morgan fingerprint density at radius 2 is 2.00 bits per heavy atom. The summed E-state index contributed by atoms with van der Waals surface area (Å²) in [5.74, 6) is 0.891. The minimum atomic E-state index is -0.221. The molecule has 0 bridgehead atoms. The van der Waals surface area contributed by atoms with E-state index in [0.717, 1.165) is 17.5 Å². The van der Waals surface area contributed by atoms with Crippen LogP contribution in [0.25, 0.3) is 17.0 Å². The zero-order chi connectivity index (χ0) is 19.2. The Hall–Kier alpha value is -2.72. The minimum absolute atomic E-state index is 0.221. The van der Waals surface area contributed by atoms with Gasteiger partial charge >= 0.3 is 0 Å². The summed E-state index contributed by atoms with van der Waals surface area (Å²) >= 11 is 6.06. The highest BCUT2D eigenvalue weighted by molar-refractivity contribution is 6.31. The number of anilines is 1. The van der Waals surface area contributed by atoms with Gasteiger partial charge in [0, 0.05) is 28.2 Å². The van der Waals surface area contributed by atoms with Crippen molar-refractivity contribution in [3.05, 3.63) is 64.9 Å². The van der Waals surface area contributed by atoms with Crippen LogP contribution in [0.3, 0.4) is 0 Å². The maximum atomic E-state index is 12.1. The van der Waals surface area contributed by atoms with Crippen molar-refractivity contribution in [3.63, 3.8) is 0 Å². The molecule has 140 valence electrons. The Bertz CT molecular complexity index is 958. The number of halogens is 1. The van der Waals surface area contributed by atoms with E-state index in [0.29, 0.717) is 22.1 Å². The molecule has 0 aliphatic heterocycles. The van der Waals surface area contributed by atoms with Crippen LogP contribution in [0.1, 0.15) is 31.1 Å². The van der Waals surface area contributed by atoms with Crippen LogP contribution < -0.4 is 10.1 Å². The first kappa shape index (κ1) is 19.1. The van der Waals surface area contributed by atoms with E-state index in [4.69, 9.17) is 20.8 Å². The fourth-order valence-electron chi connectivity index (χ4n) is 2.82. The fraction of sp³-hybridized carbons (Fsp3) is 0.227. The number of hydrogen-bond acceptors (Lipinski definition) is 3. The Morgan fingerprint density at radius 3 is 2.70 bits per heavy atom. The lowest BCUT2D eigenvalue weighted by atomic mass is 10.1. The molecule has 0 fully saturated rings. The molecule has 3 aromatic rings. The van der Waals surface area contributed by atoms with Crippen molar-refractivity contribution in [1.82, 2.24) is 0 Å². The third-order valence-corrected chi connectivity index (χ3v) is 4.44. The SMILES string of the molecule is CCCCc1ccc(NC(=O)C=Cc2cc3cc(Cl)cc(OC)c3o2)cc1. The average molecular weight is 384 g/mol. The smallest absolute Gasteiger partial charge is 0.248 e. The monoisotopic (exact) mass is 383 g/mol. The van der Waals surface area contributed by atoms with Gasteiger partial charge in [0.05, 0.1) is 7.11 Å². The number of rotatable bonds is 7. The number of nitrogens with one attached hydrogen (secondary N) is 1. The van der Waals surface area contributed by atoms with Crippen molar-refractivity contribution < 1.29 is 13.9 Å². The summed E-state index contributed by atoms with van der Waals surface area (Å²) in [6.07, 6.45) is 6.46. The first-order chi connectivity index (χ1) is 13.1. The molecular weight excluding hydrogens is 362 g/mol. The van der Waals surface area contributed by atoms with E-state index in [2.05, 4.69) is 12.2 Å². The lowest BCUT2D eigenvalue weighted by Gasteiger charge is -2.04. The van der Waals surface area contributed by atoms with E-state index >= 15 is 0 Å². The molecule has 0 spiro atoms. The number of amides is 1. The topological polar surface area (TPSA) is 51.5 Å². The molecule has 1 N–H and O–H groups in total. The summed E-state index contributed by atoms with van der Waals surface area (Å²) < 4.78 is 11.0. The van der Waals surface area contributed by atoms with Gasteiger partial charge < -0.3 is 14.5 Å². The number of fused-ring (bicyclic) bond motifs is 1. The van der Waals surface area contributed by atoms with Gasteiger partial charge in [-0.3, -0.25) is 4.79 Å². The Balaban J connectivity index is 1.67. The van der Waals surface area contributed by atoms with E-state index in [1.165, 1.54) is 24.5 Å². The van der Waals surface area contributed by atoms with Crippen molar-refractivity contribution in [1.29, 1.82) is 0 Å². The number of carbonyl (C=O) groups excluding carboxylic acids is 1. The number of aryl methyl sites for hydroxylation is 1. The molecule has 1 heterocycles. The second kappa shape index (κ2) is 8.78. The first-order valence-electron chi connectivity index (χ1n) is 8.94. The molecule has 2 aromatic carbocycles. The van der Waals surface area contributed by atoms with Crippen LogP contribution in [0, 0.1) is 0 Å². The molecule has 4 nitrogen and oxygen atoms in total. The van der Waals surface area contributed by atoms with Gasteiger partial charge in [-0.05, 0) is 48.7 Å². The van der Waals surface area contributed by atoms with Crippen molar-refractivity contribution in [2.24, 2.45) is 0 Å². The maximum absolute atomic E-state index is 12.1. The third-order valence-electron chi connectivity index (χ3n) is 4.23. The zero-order valence-electron chi connectivity index (χ0n) is 15.4. The number of hydrogen-bond donors (Lipinski definition) is 1. The molecule has 1 aromatic heterocycles. The Kier molecular flexibility index (Phi) is 6.20. The number of ether oxygens (including phenoxy) is 1. The van der Waals surface area contributed by atoms with Gasteiger partial charge in [0.2, 0.25) is 5.91 Å². The molecule has 1 amide bonds. The highest BCUT2D eigenvalue weighted by Crippen LogP contribution is 2.32. The Morgan fingerprint density at radius 1 is 1.22 bits per heavy atom. The number of benzene rings is 2. The van der Waals surface area contributed by atoms with E-state index in [1.54, 1.807) is 25.3 Å². The molecular formula is C22H22ClNO3. The average Bonchev–Trinajstić information content (AvgIpc) is 3.08. The normalized spacial score (nSPS) is 11.2. The second-order valence-corrected chi connectivity index (χ2v) is 6.73. The summed E-state index contributed by atoms with van der Waals surface area (Å²) in [5, 5.41) is 4.23. The van der Waals surface area contributed by atoms with Gasteiger partial charge in [-0.25, -0.2) is 0 Å². The van der Waals surface area contributed by atoms with Gasteiger partial charge in [-0.1, -0.05) is 37.1 Å². The molecule has 0 saturated carbocycles. The largest absolute Gasteiger partial charge is 0.493 e. The molecule has 0 unspecified atom stereocenters. The zero-order valence-corrected chi connectivity index (χ0v) is 16.2. The van der Waals surface area contributed by atoms with Gasteiger partial charge in [-0.15, -0.1) is 0 Å². The van der Waals surface area contributed by atoms with E-state index in [9.17, 15) is 4.79 Å². The van der Waals surface area contributed by atoms with Crippen LogP contribution >= 0.6 is 11.6 Å². The van der Waals surface area contributed by atoms with Crippen LogP contribution in [-0.2, 0) is 11.2 Å². The number of carbonyl (C=O) groups is 1. The van der Waals surface area contributed by atoms with Crippen LogP contribution in [0.5, 0.6) is 5.75 Å². The fourth-order valence-corrected chi connectivity index (χ4v) is 3.03. The predicted octanol–water partition coefficient (Wildman–Crippen LogP) is 6.09. The van der Waals surface area contributed by atoms with Crippen LogP contribution in [0.2, 0.25) is 5.02 Å². The highest BCUT2D eigenvalue weighted by Gasteiger charge is 2.09. The molecule has 0 saturated heterocycles. The molecule has 0 aliphatic carbocycles. The molecule has 0 atom stereocenters. The summed E-state index contributed by atoms with van der Waals surface area (Å²) in [6.45, 7) is 2.17. The van der Waals surface area contributed by atoms with E-state index < -0.39 is 0 Å². The summed E-state index contributed by atoms with van der Waals surface area (Å²) in [4.78, 5) is 12.1. The van der Waals surface area contributed by atoms with Crippen molar-refractivity contribution >= 4 is 40.2 Å².